The van der Waals surface area contributed by atoms with E-state index in [0.717, 1.165) is 12.8 Å². The standard InChI is InChI=1S/C12H14N2O2/c1-15-10-3-2-8(7-13)12(6-10)16-11-4-9(14)5-11/h2-3,6,9,11H,4-5,14H2,1H3. The first-order valence-electron chi connectivity index (χ1n) is 5.23. The van der Waals surface area contributed by atoms with E-state index in [2.05, 4.69) is 6.07 Å². The van der Waals surface area contributed by atoms with Gasteiger partial charge in [-0.2, -0.15) is 5.26 Å². The number of methoxy groups -OCH3 is 1. The first kappa shape index (κ1) is 10.8. The summed E-state index contributed by atoms with van der Waals surface area (Å²) in [6, 6.07) is 7.52. The lowest BCUT2D eigenvalue weighted by atomic mass is 9.90. The van der Waals surface area contributed by atoms with E-state index in [1.54, 1.807) is 25.3 Å². The highest BCUT2D eigenvalue weighted by atomic mass is 16.5. The lowest BCUT2D eigenvalue weighted by Gasteiger charge is -2.32. The Labute approximate surface area is 94.6 Å². The van der Waals surface area contributed by atoms with Crippen LogP contribution >= 0.6 is 0 Å². The fourth-order valence-electron chi connectivity index (χ4n) is 1.70. The maximum Gasteiger partial charge on any atom is 0.141 e. The van der Waals surface area contributed by atoms with Crippen LogP contribution in [0.2, 0.25) is 0 Å². The minimum Gasteiger partial charge on any atom is -0.497 e. The Bertz CT molecular complexity index is 420. The molecular formula is C12H14N2O2. The highest BCUT2D eigenvalue weighted by molar-refractivity contribution is 5.47. The van der Waals surface area contributed by atoms with Crippen molar-refractivity contribution >= 4 is 0 Å². The van der Waals surface area contributed by atoms with E-state index in [0.29, 0.717) is 17.1 Å². The first-order chi connectivity index (χ1) is 7.72. The summed E-state index contributed by atoms with van der Waals surface area (Å²) >= 11 is 0. The number of benzene rings is 1. The van der Waals surface area contributed by atoms with E-state index in [4.69, 9.17) is 20.5 Å². The van der Waals surface area contributed by atoms with E-state index < -0.39 is 0 Å². The van der Waals surface area contributed by atoms with Crippen molar-refractivity contribution in [2.75, 3.05) is 7.11 Å². The maximum atomic E-state index is 8.94. The molecule has 1 aliphatic carbocycles. The number of nitriles is 1. The van der Waals surface area contributed by atoms with Crippen LogP contribution in [0.5, 0.6) is 11.5 Å². The van der Waals surface area contributed by atoms with Gasteiger partial charge in [0.1, 0.15) is 23.7 Å². The average molecular weight is 218 g/mol. The lowest BCUT2D eigenvalue weighted by molar-refractivity contribution is 0.100. The molecule has 0 bridgehead atoms. The smallest absolute Gasteiger partial charge is 0.141 e. The van der Waals surface area contributed by atoms with Gasteiger partial charge in [0, 0.05) is 12.1 Å². The molecule has 2 rings (SSSR count). The Kier molecular flexibility index (Phi) is 2.97. The van der Waals surface area contributed by atoms with Crippen LogP contribution in [0.15, 0.2) is 18.2 Å². The van der Waals surface area contributed by atoms with Crippen LogP contribution in [-0.4, -0.2) is 19.3 Å². The summed E-state index contributed by atoms with van der Waals surface area (Å²) in [4.78, 5) is 0. The van der Waals surface area contributed by atoms with Crippen LogP contribution in [0.4, 0.5) is 0 Å². The molecule has 0 heterocycles. The molecule has 4 heteroatoms. The van der Waals surface area contributed by atoms with Gasteiger partial charge in [-0.3, -0.25) is 0 Å². The van der Waals surface area contributed by atoms with Gasteiger partial charge in [-0.15, -0.1) is 0 Å². The number of hydrogen-bond acceptors (Lipinski definition) is 4. The summed E-state index contributed by atoms with van der Waals surface area (Å²) in [6.45, 7) is 0. The van der Waals surface area contributed by atoms with Crippen molar-refractivity contribution in [3.63, 3.8) is 0 Å². The van der Waals surface area contributed by atoms with Crippen molar-refractivity contribution in [1.29, 1.82) is 5.26 Å². The fraction of sp³-hybridized carbons (Fsp3) is 0.417. The van der Waals surface area contributed by atoms with Gasteiger partial charge in [0.25, 0.3) is 0 Å². The van der Waals surface area contributed by atoms with Gasteiger partial charge in [0.2, 0.25) is 0 Å². The molecule has 0 aliphatic heterocycles. The van der Waals surface area contributed by atoms with Gasteiger partial charge in [-0.05, 0) is 25.0 Å². The SMILES string of the molecule is COc1ccc(C#N)c(OC2CC(N)C2)c1. The van der Waals surface area contributed by atoms with Gasteiger partial charge < -0.3 is 15.2 Å². The molecule has 84 valence electrons. The minimum absolute atomic E-state index is 0.134. The van der Waals surface area contributed by atoms with Gasteiger partial charge >= 0.3 is 0 Å². The Hall–Kier alpha value is -1.73. The second kappa shape index (κ2) is 4.42. The third-order valence-corrected chi connectivity index (χ3v) is 2.73. The summed E-state index contributed by atoms with van der Waals surface area (Å²) in [5, 5.41) is 8.94. The Morgan fingerprint density at radius 2 is 2.19 bits per heavy atom. The molecule has 0 atom stereocenters. The third-order valence-electron chi connectivity index (χ3n) is 2.73. The Morgan fingerprint density at radius 1 is 1.44 bits per heavy atom. The highest BCUT2D eigenvalue weighted by Gasteiger charge is 2.28. The van der Waals surface area contributed by atoms with E-state index >= 15 is 0 Å². The maximum absolute atomic E-state index is 8.94. The van der Waals surface area contributed by atoms with Crippen LogP contribution in [0.25, 0.3) is 0 Å². The molecule has 0 amide bonds. The zero-order valence-electron chi connectivity index (χ0n) is 9.14. The summed E-state index contributed by atoms with van der Waals surface area (Å²) in [5.74, 6) is 1.27. The predicted octanol–water partition coefficient (Wildman–Crippen LogP) is 1.44. The topological polar surface area (TPSA) is 68.3 Å². The summed E-state index contributed by atoms with van der Waals surface area (Å²) < 4.78 is 10.8. The normalized spacial score (nSPS) is 23.1. The molecule has 0 radical (unpaired) electrons. The van der Waals surface area contributed by atoms with Crippen LogP contribution < -0.4 is 15.2 Å². The number of nitrogens with zero attached hydrogens (tertiary/aromatic N) is 1. The van der Waals surface area contributed by atoms with Crippen molar-refractivity contribution in [2.24, 2.45) is 5.73 Å². The zero-order valence-corrected chi connectivity index (χ0v) is 9.14. The highest BCUT2D eigenvalue weighted by Crippen LogP contribution is 2.29. The van der Waals surface area contributed by atoms with Crippen molar-refractivity contribution in [3.8, 4) is 17.6 Å². The molecule has 0 unspecified atom stereocenters. The minimum atomic E-state index is 0.134. The van der Waals surface area contributed by atoms with E-state index in [1.165, 1.54) is 0 Å². The van der Waals surface area contributed by atoms with Crippen molar-refractivity contribution in [1.82, 2.24) is 0 Å². The number of nitrogens with two attached hydrogens (primary N) is 1. The van der Waals surface area contributed by atoms with E-state index in [-0.39, 0.29) is 12.1 Å². The third kappa shape index (κ3) is 2.10. The molecule has 0 saturated heterocycles. The predicted molar refractivity (Wildman–Crippen MR) is 59.3 cm³/mol. The van der Waals surface area contributed by atoms with Crippen molar-refractivity contribution in [2.45, 2.75) is 25.0 Å². The van der Waals surface area contributed by atoms with Gasteiger partial charge in [-0.25, -0.2) is 0 Å². The molecule has 1 aromatic carbocycles. The average Bonchev–Trinajstić information content (AvgIpc) is 2.27. The molecule has 4 nitrogen and oxygen atoms in total. The van der Waals surface area contributed by atoms with Gasteiger partial charge in [-0.1, -0.05) is 0 Å². The van der Waals surface area contributed by atoms with Gasteiger partial charge in [0.15, 0.2) is 0 Å². The molecule has 1 aromatic rings. The van der Waals surface area contributed by atoms with E-state index in [1.807, 2.05) is 0 Å². The quantitative estimate of drug-likeness (QED) is 0.833. The lowest BCUT2D eigenvalue weighted by Crippen LogP contribution is -2.43. The zero-order chi connectivity index (χ0) is 11.5. The monoisotopic (exact) mass is 218 g/mol. The summed E-state index contributed by atoms with van der Waals surface area (Å²) in [6.07, 6.45) is 1.83. The molecule has 1 aliphatic rings. The molecule has 16 heavy (non-hydrogen) atoms. The molecule has 0 spiro atoms. The number of ether oxygens (including phenoxy) is 2. The van der Waals surface area contributed by atoms with E-state index in [9.17, 15) is 0 Å². The second-order valence-electron chi connectivity index (χ2n) is 3.95. The molecule has 1 fully saturated rings. The molecular weight excluding hydrogens is 204 g/mol. The summed E-state index contributed by atoms with van der Waals surface area (Å²) in [5.41, 5.74) is 6.21. The number of rotatable bonds is 3. The van der Waals surface area contributed by atoms with Crippen LogP contribution in [-0.2, 0) is 0 Å². The van der Waals surface area contributed by atoms with Crippen LogP contribution in [0, 0.1) is 11.3 Å². The fourth-order valence-corrected chi connectivity index (χ4v) is 1.70. The largest absolute Gasteiger partial charge is 0.497 e. The Morgan fingerprint density at radius 3 is 2.75 bits per heavy atom. The second-order valence-corrected chi connectivity index (χ2v) is 3.95. The van der Waals surface area contributed by atoms with Crippen LogP contribution in [0.1, 0.15) is 18.4 Å². The first-order valence-corrected chi connectivity index (χ1v) is 5.23. The van der Waals surface area contributed by atoms with Crippen molar-refractivity contribution in [3.05, 3.63) is 23.8 Å². The van der Waals surface area contributed by atoms with Gasteiger partial charge in [0.05, 0.1) is 12.7 Å². The summed E-state index contributed by atoms with van der Waals surface area (Å²) in [7, 11) is 1.59. The molecule has 1 saturated carbocycles. The number of hydrogen-bond donors (Lipinski definition) is 1. The Balaban J connectivity index is 2.14. The van der Waals surface area contributed by atoms with Crippen molar-refractivity contribution < 1.29 is 9.47 Å². The van der Waals surface area contributed by atoms with Crippen LogP contribution in [0.3, 0.4) is 0 Å². The molecule has 0 aromatic heterocycles. The molecule has 2 N–H and O–H groups in total.